The van der Waals surface area contributed by atoms with Crippen molar-refractivity contribution in [1.29, 1.82) is 0 Å². The quantitative estimate of drug-likeness (QED) is 0.500. The Hall–Kier alpha value is -3.45. The van der Waals surface area contributed by atoms with Gasteiger partial charge in [0.1, 0.15) is 23.7 Å². The fourth-order valence-electron chi connectivity index (χ4n) is 2.91. The van der Waals surface area contributed by atoms with Gasteiger partial charge in [0, 0.05) is 17.3 Å². The number of nitrogens with one attached hydrogen (secondary N) is 1. The lowest BCUT2D eigenvalue weighted by atomic mass is 10.2. The Bertz CT molecular complexity index is 1250. The van der Waals surface area contributed by atoms with Crippen molar-refractivity contribution >= 4 is 26.6 Å². The molecule has 0 aliphatic heterocycles. The highest BCUT2D eigenvalue weighted by atomic mass is 32.2. The number of halogens is 1. The molecule has 29 heavy (non-hydrogen) atoms. The summed E-state index contributed by atoms with van der Waals surface area (Å²) in [5.41, 5.74) is 1.95. The van der Waals surface area contributed by atoms with Gasteiger partial charge in [0.05, 0.1) is 4.90 Å². The molecule has 0 saturated heterocycles. The second kappa shape index (κ2) is 7.89. The van der Waals surface area contributed by atoms with Gasteiger partial charge in [0.25, 0.3) is 10.0 Å². The first-order chi connectivity index (χ1) is 14.0. The van der Waals surface area contributed by atoms with E-state index in [2.05, 4.69) is 9.71 Å². The van der Waals surface area contributed by atoms with E-state index >= 15 is 0 Å². The molecule has 0 aliphatic rings. The minimum Gasteiger partial charge on any atom is -0.487 e. The second-order valence-corrected chi connectivity index (χ2v) is 8.06. The smallest absolute Gasteiger partial charge is 0.261 e. The SMILES string of the molecule is O=S(=O)(Nc1cccc(COc2cccc3cccnc23)c1)c1ccc(F)cc1. The number of sulfonamides is 1. The molecule has 0 spiro atoms. The second-order valence-electron chi connectivity index (χ2n) is 6.38. The summed E-state index contributed by atoms with van der Waals surface area (Å²) in [4.78, 5) is 4.34. The Morgan fingerprint density at radius 2 is 1.69 bits per heavy atom. The number of ether oxygens (including phenoxy) is 1. The Morgan fingerprint density at radius 1 is 0.931 bits per heavy atom. The highest BCUT2D eigenvalue weighted by Crippen LogP contribution is 2.24. The molecule has 1 N–H and O–H groups in total. The van der Waals surface area contributed by atoms with Crippen LogP contribution in [0.3, 0.4) is 0 Å². The Kier molecular flexibility index (Phi) is 5.14. The Labute approximate surface area is 167 Å². The third-order valence-corrected chi connectivity index (χ3v) is 5.69. The number of aromatic nitrogens is 1. The standard InChI is InChI=1S/C22H17FN2O3S/c23-18-9-11-20(12-10-18)29(26,27)25-19-7-1-4-16(14-19)15-28-21-8-2-5-17-6-3-13-24-22(17)21/h1-14,25H,15H2. The topological polar surface area (TPSA) is 68.3 Å². The van der Waals surface area contributed by atoms with Crippen LogP contribution < -0.4 is 9.46 Å². The van der Waals surface area contributed by atoms with Crippen LogP contribution in [0, 0.1) is 5.82 Å². The number of para-hydroxylation sites is 1. The number of rotatable bonds is 6. The van der Waals surface area contributed by atoms with Crippen molar-refractivity contribution in [3.8, 4) is 5.75 Å². The summed E-state index contributed by atoms with van der Waals surface area (Å²) in [6.07, 6.45) is 1.71. The predicted molar refractivity (Wildman–Crippen MR) is 110 cm³/mol. The monoisotopic (exact) mass is 408 g/mol. The number of hydrogen-bond donors (Lipinski definition) is 1. The van der Waals surface area contributed by atoms with E-state index in [4.69, 9.17) is 4.74 Å². The van der Waals surface area contributed by atoms with E-state index in [-0.39, 0.29) is 11.5 Å². The summed E-state index contributed by atoms with van der Waals surface area (Å²) in [7, 11) is -3.81. The van der Waals surface area contributed by atoms with Crippen molar-refractivity contribution in [2.24, 2.45) is 0 Å². The predicted octanol–water partition coefficient (Wildman–Crippen LogP) is 4.75. The molecular formula is C22H17FN2O3S. The molecule has 3 aromatic carbocycles. The Balaban J connectivity index is 1.51. The molecule has 0 bridgehead atoms. The average molecular weight is 408 g/mol. The van der Waals surface area contributed by atoms with Gasteiger partial charge in [-0.15, -0.1) is 0 Å². The van der Waals surface area contributed by atoms with E-state index in [9.17, 15) is 12.8 Å². The zero-order chi connectivity index (χ0) is 20.3. The number of benzene rings is 3. The highest BCUT2D eigenvalue weighted by molar-refractivity contribution is 7.92. The molecule has 5 nitrogen and oxygen atoms in total. The summed E-state index contributed by atoms with van der Waals surface area (Å²) in [5.74, 6) is 0.159. The number of pyridine rings is 1. The Morgan fingerprint density at radius 3 is 2.52 bits per heavy atom. The third kappa shape index (κ3) is 4.35. The summed E-state index contributed by atoms with van der Waals surface area (Å²) < 4.78 is 46.4. The van der Waals surface area contributed by atoms with Gasteiger partial charge in [-0.3, -0.25) is 9.71 Å². The summed E-state index contributed by atoms with van der Waals surface area (Å²) >= 11 is 0. The molecule has 0 saturated carbocycles. The summed E-state index contributed by atoms with van der Waals surface area (Å²) in [6, 6.07) is 21.1. The zero-order valence-electron chi connectivity index (χ0n) is 15.2. The minimum atomic E-state index is -3.81. The molecule has 1 heterocycles. The van der Waals surface area contributed by atoms with Crippen LogP contribution in [0.5, 0.6) is 5.75 Å². The molecule has 7 heteroatoms. The van der Waals surface area contributed by atoms with Gasteiger partial charge in [0.15, 0.2) is 0 Å². The lowest BCUT2D eigenvalue weighted by molar-refractivity contribution is 0.309. The molecule has 0 unspecified atom stereocenters. The molecular weight excluding hydrogens is 391 g/mol. The van der Waals surface area contributed by atoms with Crippen LogP contribution in [-0.4, -0.2) is 13.4 Å². The van der Waals surface area contributed by atoms with Crippen LogP contribution in [0.15, 0.2) is 90.0 Å². The van der Waals surface area contributed by atoms with E-state index in [0.717, 1.165) is 28.6 Å². The van der Waals surface area contributed by atoms with Crippen LogP contribution in [0.4, 0.5) is 10.1 Å². The lowest BCUT2D eigenvalue weighted by Crippen LogP contribution is -2.13. The van der Waals surface area contributed by atoms with Gasteiger partial charge >= 0.3 is 0 Å². The van der Waals surface area contributed by atoms with Crippen molar-refractivity contribution < 1.29 is 17.5 Å². The van der Waals surface area contributed by atoms with Crippen LogP contribution in [0.25, 0.3) is 10.9 Å². The van der Waals surface area contributed by atoms with E-state index < -0.39 is 15.8 Å². The van der Waals surface area contributed by atoms with Crippen molar-refractivity contribution in [3.05, 3.63) is 96.4 Å². The van der Waals surface area contributed by atoms with Crippen LogP contribution in [0.1, 0.15) is 5.56 Å². The number of nitrogens with zero attached hydrogens (tertiary/aromatic N) is 1. The summed E-state index contributed by atoms with van der Waals surface area (Å²) in [5, 5.41) is 0.978. The normalized spacial score (nSPS) is 11.3. The molecule has 0 fully saturated rings. The minimum absolute atomic E-state index is 0.0117. The van der Waals surface area contributed by atoms with E-state index in [1.807, 2.05) is 36.4 Å². The van der Waals surface area contributed by atoms with Crippen LogP contribution >= 0.6 is 0 Å². The van der Waals surface area contributed by atoms with E-state index in [0.29, 0.717) is 11.4 Å². The van der Waals surface area contributed by atoms with E-state index in [1.54, 1.807) is 24.4 Å². The van der Waals surface area contributed by atoms with Crippen molar-refractivity contribution in [2.75, 3.05) is 4.72 Å². The van der Waals surface area contributed by atoms with Gasteiger partial charge in [-0.25, -0.2) is 12.8 Å². The van der Waals surface area contributed by atoms with Crippen molar-refractivity contribution in [1.82, 2.24) is 4.98 Å². The maximum Gasteiger partial charge on any atom is 0.261 e. The first kappa shape index (κ1) is 18.9. The zero-order valence-corrected chi connectivity index (χ0v) is 16.1. The largest absolute Gasteiger partial charge is 0.487 e. The maximum absolute atomic E-state index is 13.0. The summed E-state index contributed by atoms with van der Waals surface area (Å²) in [6.45, 7) is 0.252. The molecule has 0 aliphatic carbocycles. The first-order valence-electron chi connectivity index (χ1n) is 8.85. The number of fused-ring (bicyclic) bond motifs is 1. The van der Waals surface area contributed by atoms with Crippen LogP contribution in [0.2, 0.25) is 0 Å². The fraction of sp³-hybridized carbons (Fsp3) is 0.0455. The van der Waals surface area contributed by atoms with Gasteiger partial charge in [-0.2, -0.15) is 0 Å². The first-order valence-corrected chi connectivity index (χ1v) is 10.3. The molecule has 146 valence electrons. The maximum atomic E-state index is 13.0. The number of hydrogen-bond acceptors (Lipinski definition) is 4. The fourth-order valence-corrected chi connectivity index (χ4v) is 3.96. The van der Waals surface area contributed by atoms with Gasteiger partial charge in [-0.05, 0) is 54.1 Å². The van der Waals surface area contributed by atoms with Crippen molar-refractivity contribution in [2.45, 2.75) is 11.5 Å². The van der Waals surface area contributed by atoms with E-state index in [1.165, 1.54) is 12.1 Å². The molecule has 0 amide bonds. The number of anilines is 1. The molecule has 4 aromatic rings. The van der Waals surface area contributed by atoms with Gasteiger partial charge in [0.2, 0.25) is 0 Å². The van der Waals surface area contributed by atoms with Crippen molar-refractivity contribution in [3.63, 3.8) is 0 Å². The third-order valence-electron chi connectivity index (χ3n) is 4.29. The molecule has 4 rings (SSSR count). The molecule has 0 atom stereocenters. The van der Waals surface area contributed by atoms with Crippen LogP contribution in [-0.2, 0) is 16.6 Å². The van der Waals surface area contributed by atoms with Gasteiger partial charge < -0.3 is 4.74 Å². The van der Waals surface area contributed by atoms with Gasteiger partial charge in [-0.1, -0.05) is 30.3 Å². The molecule has 1 aromatic heterocycles. The lowest BCUT2D eigenvalue weighted by Gasteiger charge is -2.11. The average Bonchev–Trinajstić information content (AvgIpc) is 2.72. The highest BCUT2D eigenvalue weighted by Gasteiger charge is 2.14. The molecule has 0 radical (unpaired) electrons.